The molecular formula is C17H29NO4. The normalized spacial score (nSPS) is 15.0. The molecule has 0 aliphatic carbocycles. The van der Waals surface area contributed by atoms with E-state index in [4.69, 9.17) is 9.47 Å². The summed E-state index contributed by atoms with van der Waals surface area (Å²) in [6, 6.07) is 2.09. The number of nitrogens with zero attached hydrogens (tertiary/aromatic N) is 1. The maximum atomic E-state index is 12.6. The number of nitriles is 1. The van der Waals surface area contributed by atoms with E-state index < -0.39 is 23.3 Å². The molecule has 0 aromatic heterocycles. The molecule has 0 N–H and O–H groups in total. The summed E-state index contributed by atoms with van der Waals surface area (Å²) in [5.74, 6) is -2.53. The molecule has 0 amide bonds. The molecule has 0 saturated heterocycles. The summed E-state index contributed by atoms with van der Waals surface area (Å²) in [5.41, 5.74) is -1.52. The van der Waals surface area contributed by atoms with Crippen LogP contribution in [-0.2, 0) is 19.1 Å². The molecule has 0 bridgehead atoms. The lowest BCUT2D eigenvalue weighted by Crippen LogP contribution is -2.49. The second-order valence-corrected chi connectivity index (χ2v) is 6.16. The van der Waals surface area contributed by atoms with Crippen LogP contribution in [0.4, 0.5) is 0 Å². The van der Waals surface area contributed by atoms with Gasteiger partial charge < -0.3 is 9.47 Å². The van der Waals surface area contributed by atoms with E-state index in [0.717, 1.165) is 0 Å². The lowest BCUT2D eigenvalue weighted by Gasteiger charge is -2.36. The monoisotopic (exact) mass is 311 g/mol. The molecule has 2 atom stereocenters. The van der Waals surface area contributed by atoms with E-state index in [1.54, 1.807) is 13.8 Å². The minimum Gasteiger partial charge on any atom is -0.465 e. The molecule has 0 aliphatic rings. The molecule has 0 radical (unpaired) electrons. The quantitative estimate of drug-likeness (QED) is 0.610. The second-order valence-electron chi connectivity index (χ2n) is 6.16. The molecule has 126 valence electrons. The van der Waals surface area contributed by atoms with Gasteiger partial charge in [-0.05, 0) is 24.7 Å². The average molecular weight is 311 g/mol. The van der Waals surface area contributed by atoms with Gasteiger partial charge in [-0.2, -0.15) is 5.26 Å². The standard InChI is InChI=1S/C17H29NO4/c1-7-9-21-15(19)14(12(3)4)17(11-18,13(5)6)16(20)22-10-8-2/h12-14H,7-10H2,1-6H3. The first-order chi connectivity index (χ1) is 10.3. The third-order valence-corrected chi connectivity index (χ3v) is 3.73. The van der Waals surface area contributed by atoms with Crippen molar-refractivity contribution in [1.29, 1.82) is 5.26 Å². The smallest absolute Gasteiger partial charge is 0.327 e. The zero-order valence-corrected chi connectivity index (χ0v) is 14.6. The Morgan fingerprint density at radius 1 is 1.05 bits per heavy atom. The van der Waals surface area contributed by atoms with Crippen molar-refractivity contribution >= 4 is 11.9 Å². The molecule has 0 aromatic rings. The minimum atomic E-state index is -1.52. The van der Waals surface area contributed by atoms with Crippen molar-refractivity contribution in [3.8, 4) is 6.07 Å². The van der Waals surface area contributed by atoms with Crippen molar-refractivity contribution in [1.82, 2.24) is 0 Å². The lowest BCUT2D eigenvalue weighted by atomic mass is 9.64. The summed E-state index contributed by atoms with van der Waals surface area (Å²) < 4.78 is 10.5. The fraction of sp³-hybridized carbons (Fsp3) is 0.824. The van der Waals surface area contributed by atoms with Crippen molar-refractivity contribution < 1.29 is 19.1 Å². The van der Waals surface area contributed by atoms with Crippen molar-refractivity contribution in [3.05, 3.63) is 0 Å². The molecule has 0 fully saturated rings. The van der Waals surface area contributed by atoms with Gasteiger partial charge in [-0.25, -0.2) is 0 Å². The van der Waals surface area contributed by atoms with E-state index >= 15 is 0 Å². The Morgan fingerprint density at radius 2 is 1.55 bits per heavy atom. The second kappa shape index (κ2) is 9.45. The van der Waals surface area contributed by atoms with E-state index in [9.17, 15) is 14.9 Å². The predicted octanol–water partition coefficient (Wildman–Crippen LogP) is 3.33. The third kappa shape index (κ3) is 4.46. The number of hydrogen-bond acceptors (Lipinski definition) is 5. The van der Waals surface area contributed by atoms with Crippen molar-refractivity contribution in [3.63, 3.8) is 0 Å². The number of ether oxygens (including phenoxy) is 2. The Labute approximate surface area is 134 Å². The zero-order chi connectivity index (χ0) is 17.3. The topological polar surface area (TPSA) is 76.4 Å². The summed E-state index contributed by atoms with van der Waals surface area (Å²) in [5, 5.41) is 9.75. The van der Waals surface area contributed by atoms with E-state index in [1.807, 2.05) is 27.7 Å². The summed E-state index contributed by atoms with van der Waals surface area (Å²) in [7, 11) is 0. The third-order valence-electron chi connectivity index (χ3n) is 3.73. The van der Waals surface area contributed by atoms with Gasteiger partial charge in [0.15, 0.2) is 5.41 Å². The van der Waals surface area contributed by atoms with Crippen LogP contribution in [-0.4, -0.2) is 25.2 Å². The molecule has 5 nitrogen and oxygen atoms in total. The number of carbonyl (C=O) groups is 2. The van der Waals surface area contributed by atoms with Crippen LogP contribution in [0.25, 0.3) is 0 Å². The van der Waals surface area contributed by atoms with Crippen LogP contribution < -0.4 is 0 Å². The summed E-state index contributed by atoms with van der Waals surface area (Å²) in [4.78, 5) is 25.0. The van der Waals surface area contributed by atoms with Gasteiger partial charge in [0, 0.05) is 0 Å². The van der Waals surface area contributed by atoms with Gasteiger partial charge in [-0.3, -0.25) is 9.59 Å². The van der Waals surface area contributed by atoms with Crippen LogP contribution in [0.1, 0.15) is 54.4 Å². The summed E-state index contributed by atoms with van der Waals surface area (Å²) in [6.07, 6.45) is 1.36. The van der Waals surface area contributed by atoms with Gasteiger partial charge in [0.1, 0.15) is 0 Å². The first kappa shape index (κ1) is 20.4. The molecular weight excluding hydrogens is 282 g/mol. The van der Waals surface area contributed by atoms with Crippen LogP contribution in [0.5, 0.6) is 0 Å². The van der Waals surface area contributed by atoms with Gasteiger partial charge in [0.05, 0.1) is 25.2 Å². The molecule has 0 rings (SSSR count). The maximum absolute atomic E-state index is 12.6. The van der Waals surface area contributed by atoms with Crippen molar-refractivity contribution in [2.45, 2.75) is 54.4 Å². The highest BCUT2D eigenvalue weighted by atomic mass is 16.5. The van der Waals surface area contributed by atoms with E-state index in [0.29, 0.717) is 12.8 Å². The summed E-state index contributed by atoms with van der Waals surface area (Å²) >= 11 is 0. The molecule has 5 heteroatoms. The van der Waals surface area contributed by atoms with Crippen LogP contribution in [0.3, 0.4) is 0 Å². The van der Waals surface area contributed by atoms with E-state index in [1.165, 1.54) is 0 Å². The molecule has 22 heavy (non-hydrogen) atoms. The number of carbonyl (C=O) groups excluding carboxylic acids is 2. The molecule has 0 heterocycles. The van der Waals surface area contributed by atoms with Crippen LogP contribution in [0.2, 0.25) is 0 Å². The van der Waals surface area contributed by atoms with Crippen LogP contribution in [0.15, 0.2) is 0 Å². The van der Waals surface area contributed by atoms with Gasteiger partial charge in [-0.1, -0.05) is 41.5 Å². The van der Waals surface area contributed by atoms with Crippen molar-refractivity contribution in [2.75, 3.05) is 13.2 Å². The van der Waals surface area contributed by atoms with E-state index in [-0.39, 0.29) is 25.0 Å². The Balaban J connectivity index is 5.73. The van der Waals surface area contributed by atoms with Crippen molar-refractivity contribution in [2.24, 2.45) is 23.2 Å². The van der Waals surface area contributed by atoms with Gasteiger partial charge >= 0.3 is 11.9 Å². The molecule has 0 saturated carbocycles. The Bertz CT molecular complexity index is 411. The highest BCUT2D eigenvalue weighted by Crippen LogP contribution is 2.42. The molecule has 0 aromatic carbocycles. The van der Waals surface area contributed by atoms with Gasteiger partial charge in [0.25, 0.3) is 0 Å². The van der Waals surface area contributed by atoms with Gasteiger partial charge in [-0.15, -0.1) is 0 Å². The Morgan fingerprint density at radius 3 is 1.91 bits per heavy atom. The molecule has 2 unspecified atom stereocenters. The summed E-state index contributed by atoms with van der Waals surface area (Å²) in [6.45, 7) is 11.5. The number of esters is 2. The first-order valence-corrected chi connectivity index (χ1v) is 8.04. The zero-order valence-electron chi connectivity index (χ0n) is 14.6. The fourth-order valence-corrected chi connectivity index (χ4v) is 2.56. The SMILES string of the molecule is CCCOC(=O)C(C(C)C)C(C#N)(C(=O)OCCC)C(C)C. The highest BCUT2D eigenvalue weighted by molar-refractivity contribution is 5.88. The fourth-order valence-electron chi connectivity index (χ4n) is 2.56. The Kier molecular flexibility index (Phi) is 8.77. The largest absolute Gasteiger partial charge is 0.465 e. The maximum Gasteiger partial charge on any atom is 0.327 e. The number of rotatable bonds is 9. The molecule has 0 spiro atoms. The predicted molar refractivity (Wildman–Crippen MR) is 83.7 cm³/mol. The van der Waals surface area contributed by atoms with Crippen LogP contribution >= 0.6 is 0 Å². The molecule has 0 aliphatic heterocycles. The Hall–Kier alpha value is -1.57. The van der Waals surface area contributed by atoms with Crippen LogP contribution in [0, 0.1) is 34.5 Å². The minimum absolute atomic E-state index is 0.208. The average Bonchev–Trinajstić information content (AvgIpc) is 2.46. The van der Waals surface area contributed by atoms with Gasteiger partial charge in [0.2, 0.25) is 0 Å². The highest BCUT2D eigenvalue weighted by Gasteiger charge is 2.55. The lowest BCUT2D eigenvalue weighted by molar-refractivity contribution is -0.171. The first-order valence-electron chi connectivity index (χ1n) is 8.04. The number of hydrogen-bond donors (Lipinski definition) is 0. The van der Waals surface area contributed by atoms with E-state index in [2.05, 4.69) is 6.07 Å².